The molecule has 1 nitrogen and oxygen atoms in total. The molecule has 2 N–H and O–H groups in total. The average Bonchev–Trinajstić information content (AvgIpc) is 2.19. The van der Waals surface area contributed by atoms with Crippen molar-refractivity contribution in [3.05, 3.63) is 34.1 Å². The first-order valence-electron chi connectivity index (χ1n) is 6.92. The molecule has 0 radical (unpaired) electrons. The molecule has 0 amide bonds. The maximum absolute atomic E-state index is 13.4. The van der Waals surface area contributed by atoms with Crippen LogP contribution in [0.3, 0.4) is 0 Å². The molecule has 1 aromatic rings. The van der Waals surface area contributed by atoms with E-state index in [1.54, 1.807) is 12.1 Å². The summed E-state index contributed by atoms with van der Waals surface area (Å²) in [5.41, 5.74) is 7.66. The summed E-state index contributed by atoms with van der Waals surface area (Å²) >= 11 is 3.50. The van der Waals surface area contributed by atoms with Crippen LogP contribution in [0.25, 0.3) is 0 Å². The number of nitrogens with two attached hydrogens (primary N) is 1. The first-order valence-corrected chi connectivity index (χ1v) is 7.71. The molecule has 1 aromatic carbocycles. The Kier molecular flexibility index (Phi) is 4.08. The molecule has 2 rings (SSSR count). The van der Waals surface area contributed by atoms with E-state index in [0.29, 0.717) is 5.92 Å². The molecule has 1 aliphatic rings. The highest BCUT2D eigenvalue weighted by molar-refractivity contribution is 9.10. The van der Waals surface area contributed by atoms with Gasteiger partial charge in [0.25, 0.3) is 0 Å². The van der Waals surface area contributed by atoms with Gasteiger partial charge in [0.2, 0.25) is 0 Å². The smallest absolute Gasteiger partial charge is 0.123 e. The summed E-state index contributed by atoms with van der Waals surface area (Å²) < 4.78 is 14.3. The van der Waals surface area contributed by atoms with Gasteiger partial charge in [-0.15, -0.1) is 0 Å². The van der Waals surface area contributed by atoms with Crippen LogP contribution < -0.4 is 5.73 Å². The van der Waals surface area contributed by atoms with Gasteiger partial charge < -0.3 is 5.73 Å². The third kappa shape index (κ3) is 3.79. The molecule has 2 unspecified atom stereocenters. The fourth-order valence-corrected chi connectivity index (χ4v) is 4.39. The molecular formula is C16H23BrFN. The predicted molar refractivity (Wildman–Crippen MR) is 81.5 cm³/mol. The molecule has 0 aromatic heterocycles. The van der Waals surface area contributed by atoms with Crippen molar-refractivity contribution in [3.63, 3.8) is 0 Å². The Bertz CT molecular complexity index is 472. The number of hydrogen-bond acceptors (Lipinski definition) is 1. The Labute approximate surface area is 123 Å². The van der Waals surface area contributed by atoms with Crippen LogP contribution in [0.5, 0.6) is 0 Å². The molecule has 106 valence electrons. The Morgan fingerprint density at radius 1 is 1.37 bits per heavy atom. The van der Waals surface area contributed by atoms with Gasteiger partial charge in [0.1, 0.15) is 5.82 Å². The molecule has 0 aliphatic heterocycles. The fourth-order valence-electron chi connectivity index (χ4n) is 4.00. The second kappa shape index (κ2) is 5.17. The first kappa shape index (κ1) is 15.0. The van der Waals surface area contributed by atoms with E-state index in [1.165, 1.54) is 12.5 Å². The Morgan fingerprint density at radius 3 is 2.68 bits per heavy atom. The van der Waals surface area contributed by atoms with Crippen LogP contribution in [-0.4, -0.2) is 5.54 Å². The summed E-state index contributed by atoms with van der Waals surface area (Å²) in [5.74, 6) is 0.436. The lowest BCUT2D eigenvalue weighted by molar-refractivity contribution is 0.108. The van der Waals surface area contributed by atoms with Gasteiger partial charge >= 0.3 is 0 Å². The zero-order chi connectivity index (χ0) is 14.3. The monoisotopic (exact) mass is 327 g/mol. The number of halogens is 2. The van der Waals surface area contributed by atoms with E-state index in [4.69, 9.17) is 5.73 Å². The van der Waals surface area contributed by atoms with Gasteiger partial charge in [0, 0.05) is 10.0 Å². The van der Waals surface area contributed by atoms with Gasteiger partial charge in [-0.1, -0.05) is 36.7 Å². The molecule has 0 heterocycles. The van der Waals surface area contributed by atoms with Crippen molar-refractivity contribution in [1.29, 1.82) is 0 Å². The summed E-state index contributed by atoms with van der Waals surface area (Å²) in [6.45, 7) is 6.83. The van der Waals surface area contributed by atoms with Crippen molar-refractivity contribution in [1.82, 2.24) is 0 Å². The third-order valence-electron chi connectivity index (χ3n) is 4.04. The highest BCUT2D eigenvalue weighted by Crippen LogP contribution is 2.44. The van der Waals surface area contributed by atoms with Crippen LogP contribution in [0.2, 0.25) is 0 Å². The highest BCUT2D eigenvalue weighted by atomic mass is 79.9. The quantitative estimate of drug-likeness (QED) is 0.838. The van der Waals surface area contributed by atoms with E-state index in [2.05, 4.69) is 36.7 Å². The van der Waals surface area contributed by atoms with Crippen LogP contribution in [-0.2, 0) is 6.42 Å². The Balaban J connectivity index is 2.23. The Morgan fingerprint density at radius 2 is 2.05 bits per heavy atom. The summed E-state index contributed by atoms with van der Waals surface area (Å²) in [6.07, 6.45) is 3.96. The van der Waals surface area contributed by atoms with Crippen molar-refractivity contribution in [2.45, 2.75) is 52.0 Å². The van der Waals surface area contributed by atoms with Crippen molar-refractivity contribution >= 4 is 15.9 Å². The van der Waals surface area contributed by atoms with Crippen LogP contribution in [0, 0.1) is 17.2 Å². The lowest BCUT2D eigenvalue weighted by Gasteiger charge is -2.46. The maximum Gasteiger partial charge on any atom is 0.123 e. The summed E-state index contributed by atoms with van der Waals surface area (Å²) in [5, 5.41) is 0. The van der Waals surface area contributed by atoms with Gasteiger partial charge in [-0.05, 0) is 60.8 Å². The van der Waals surface area contributed by atoms with Crippen molar-refractivity contribution in [3.8, 4) is 0 Å². The average molecular weight is 328 g/mol. The molecule has 2 atom stereocenters. The minimum Gasteiger partial charge on any atom is -0.325 e. The van der Waals surface area contributed by atoms with Crippen molar-refractivity contribution < 1.29 is 4.39 Å². The molecule has 19 heavy (non-hydrogen) atoms. The second-order valence-electron chi connectivity index (χ2n) is 7.13. The normalized spacial score (nSPS) is 30.3. The molecule has 0 bridgehead atoms. The molecule has 1 fully saturated rings. The van der Waals surface area contributed by atoms with Crippen LogP contribution in [0.15, 0.2) is 22.7 Å². The molecule has 0 saturated heterocycles. The lowest BCUT2D eigenvalue weighted by atomic mass is 9.63. The van der Waals surface area contributed by atoms with E-state index in [9.17, 15) is 4.39 Å². The standard InChI is InChI=1S/C16H23BrFN/c1-11-7-15(2,3)10-16(19,8-11)9-12-6-13(18)4-5-14(12)17/h4-6,11H,7-10,19H2,1-3H3. The number of hydrogen-bond donors (Lipinski definition) is 1. The predicted octanol–water partition coefficient (Wildman–Crippen LogP) is 4.67. The molecule has 1 aliphatic carbocycles. The van der Waals surface area contributed by atoms with Gasteiger partial charge in [-0.2, -0.15) is 0 Å². The van der Waals surface area contributed by atoms with Gasteiger partial charge in [0.15, 0.2) is 0 Å². The van der Waals surface area contributed by atoms with Crippen LogP contribution >= 0.6 is 15.9 Å². The van der Waals surface area contributed by atoms with Gasteiger partial charge in [-0.3, -0.25) is 0 Å². The summed E-state index contributed by atoms with van der Waals surface area (Å²) in [6, 6.07) is 4.85. The molecule has 3 heteroatoms. The van der Waals surface area contributed by atoms with E-state index in [-0.39, 0.29) is 16.8 Å². The van der Waals surface area contributed by atoms with E-state index >= 15 is 0 Å². The van der Waals surface area contributed by atoms with E-state index in [0.717, 1.165) is 29.3 Å². The zero-order valence-electron chi connectivity index (χ0n) is 12.0. The zero-order valence-corrected chi connectivity index (χ0v) is 13.6. The van der Waals surface area contributed by atoms with Crippen molar-refractivity contribution in [2.75, 3.05) is 0 Å². The molecule has 1 saturated carbocycles. The van der Waals surface area contributed by atoms with Gasteiger partial charge in [-0.25, -0.2) is 4.39 Å². The fraction of sp³-hybridized carbons (Fsp3) is 0.625. The lowest BCUT2D eigenvalue weighted by Crippen LogP contribution is -2.50. The maximum atomic E-state index is 13.4. The minimum absolute atomic E-state index is 0.190. The Hall–Kier alpha value is -0.410. The summed E-state index contributed by atoms with van der Waals surface area (Å²) in [4.78, 5) is 0. The van der Waals surface area contributed by atoms with E-state index in [1.807, 2.05) is 0 Å². The minimum atomic E-state index is -0.225. The summed E-state index contributed by atoms with van der Waals surface area (Å²) in [7, 11) is 0. The highest BCUT2D eigenvalue weighted by Gasteiger charge is 2.40. The number of benzene rings is 1. The first-order chi connectivity index (χ1) is 8.69. The molecule has 0 spiro atoms. The number of rotatable bonds is 2. The van der Waals surface area contributed by atoms with Gasteiger partial charge in [0.05, 0.1) is 0 Å². The SMILES string of the molecule is CC1CC(C)(C)CC(N)(Cc2cc(F)ccc2Br)C1. The largest absolute Gasteiger partial charge is 0.325 e. The third-order valence-corrected chi connectivity index (χ3v) is 4.81. The second-order valence-corrected chi connectivity index (χ2v) is 7.98. The topological polar surface area (TPSA) is 26.0 Å². The van der Waals surface area contributed by atoms with E-state index < -0.39 is 0 Å². The van der Waals surface area contributed by atoms with Crippen LogP contribution in [0.1, 0.15) is 45.6 Å². The molecular weight excluding hydrogens is 305 g/mol. The van der Waals surface area contributed by atoms with Crippen molar-refractivity contribution in [2.24, 2.45) is 17.1 Å². The van der Waals surface area contributed by atoms with Crippen LogP contribution in [0.4, 0.5) is 4.39 Å².